The second kappa shape index (κ2) is 7.64. The van der Waals surface area contributed by atoms with E-state index in [0.717, 1.165) is 37.2 Å². The lowest BCUT2D eigenvalue weighted by Crippen LogP contribution is -2.44. The molecular formula is C15H21N3O3. The summed E-state index contributed by atoms with van der Waals surface area (Å²) >= 11 is 0. The van der Waals surface area contributed by atoms with Gasteiger partial charge in [-0.25, -0.2) is 4.79 Å². The van der Waals surface area contributed by atoms with Crippen LogP contribution >= 0.6 is 0 Å². The van der Waals surface area contributed by atoms with E-state index in [9.17, 15) is 9.59 Å². The van der Waals surface area contributed by atoms with Gasteiger partial charge in [0.15, 0.2) is 0 Å². The van der Waals surface area contributed by atoms with Crippen molar-refractivity contribution >= 4 is 11.9 Å². The minimum atomic E-state index is -0.457. The van der Waals surface area contributed by atoms with Gasteiger partial charge in [0.1, 0.15) is 5.75 Å². The summed E-state index contributed by atoms with van der Waals surface area (Å²) in [6.45, 7) is 2.00. The molecule has 6 nitrogen and oxygen atoms in total. The van der Waals surface area contributed by atoms with Crippen molar-refractivity contribution in [3.63, 3.8) is 0 Å². The Balaban J connectivity index is 1.77. The van der Waals surface area contributed by atoms with Gasteiger partial charge in [0.05, 0.1) is 7.11 Å². The molecule has 1 aromatic carbocycles. The summed E-state index contributed by atoms with van der Waals surface area (Å²) in [5.74, 6) is 0.467. The van der Waals surface area contributed by atoms with Crippen molar-refractivity contribution in [1.29, 1.82) is 0 Å². The molecule has 1 fully saturated rings. The summed E-state index contributed by atoms with van der Waals surface area (Å²) < 4.78 is 5.12. The third-order valence-corrected chi connectivity index (χ3v) is 3.53. The third-order valence-electron chi connectivity index (χ3n) is 3.53. The van der Waals surface area contributed by atoms with E-state index in [1.165, 1.54) is 0 Å². The van der Waals surface area contributed by atoms with Crippen molar-refractivity contribution in [2.45, 2.75) is 19.4 Å². The SMILES string of the molecule is COc1cccc(CNC(=O)NC(=O)C2CCNCC2)c1. The number of ether oxygens (including phenoxy) is 1. The average Bonchev–Trinajstić information content (AvgIpc) is 2.54. The molecule has 0 radical (unpaired) electrons. The Hall–Kier alpha value is -2.08. The van der Waals surface area contributed by atoms with E-state index < -0.39 is 6.03 Å². The van der Waals surface area contributed by atoms with Crippen LogP contribution in [0.3, 0.4) is 0 Å². The van der Waals surface area contributed by atoms with Crippen LogP contribution in [0.5, 0.6) is 5.75 Å². The van der Waals surface area contributed by atoms with Crippen molar-refractivity contribution < 1.29 is 14.3 Å². The molecule has 0 aromatic heterocycles. The third kappa shape index (κ3) is 4.75. The molecule has 1 heterocycles. The van der Waals surface area contributed by atoms with Gasteiger partial charge in [-0.15, -0.1) is 0 Å². The van der Waals surface area contributed by atoms with Crippen LogP contribution in [0.2, 0.25) is 0 Å². The lowest BCUT2D eigenvalue weighted by Gasteiger charge is -2.21. The highest BCUT2D eigenvalue weighted by Crippen LogP contribution is 2.12. The maximum absolute atomic E-state index is 11.9. The van der Waals surface area contributed by atoms with Crippen LogP contribution in [0.1, 0.15) is 18.4 Å². The Morgan fingerprint density at radius 3 is 2.81 bits per heavy atom. The molecule has 1 saturated heterocycles. The summed E-state index contributed by atoms with van der Waals surface area (Å²) in [5.41, 5.74) is 0.916. The zero-order chi connectivity index (χ0) is 15.1. The van der Waals surface area contributed by atoms with Gasteiger partial charge in [0.2, 0.25) is 5.91 Å². The number of urea groups is 1. The minimum absolute atomic E-state index is 0.0752. The standard InChI is InChI=1S/C15H21N3O3/c1-21-13-4-2-3-11(9-13)10-17-15(20)18-14(19)12-5-7-16-8-6-12/h2-4,9,12,16H,5-8,10H2,1H3,(H2,17,18,19,20). The fourth-order valence-electron chi connectivity index (χ4n) is 2.31. The van der Waals surface area contributed by atoms with Crippen LogP contribution in [0.25, 0.3) is 0 Å². The molecule has 1 aliphatic rings. The molecule has 1 aromatic rings. The van der Waals surface area contributed by atoms with Gasteiger partial charge in [-0.2, -0.15) is 0 Å². The largest absolute Gasteiger partial charge is 0.497 e. The van der Waals surface area contributed by atoms with Gasteiger partial charge in [-0.05, 0) is 43.6 Å². The van der Waals surface area contributed by atoms with Gasteiger partial charge >= 0.3 is 6.03 Å². The first-order chi connectivity index (χ1) is 10.2. The highest BCUT2D eigenvalue weighted by atomic mass is 16.5. The number of imide groups is 1. The molecule has 21 heavy (non-hydrogen) atoms. The smallest absolute Gasteiger partial charge is 0.321 e. The molecule has 3 N–H and O–H groups in total. The van der Waals surface area contributed by atoms with Crippen molar-refractivity contribution in [2.24, 2.45) is 5.92 Å². The number of nitrogens with one attached hydrogen (secondary N) is 3. The Morgan fingerprint density at radius 2 is 2.10 bits per heavy atom. The first-order valence-corrected chi connectivity index (χ1v) is 7.11. The predicted molar refractivity (Wildman–Crippen MR) is 79.0 cm³/mol. The van der Waals surface area contributed by atoms with Crippen LogP contribution in [-0.4, -0.2) is 32.1 Å². The monoisotopic (exact) mass is 291 g/mol. The molecule has 0 unspecified atom stereocenters. The maximum atomic E-state index is 11.9. The summed E-state index contributed by atoms with van der Waals surface area (Å²) in [7, 11) is 1.59. The topological polar surface area (TPSA) is 79.5 Å². The Bertz CT molecular complexity index is 499. The van der Waals surface area contributed by atoms with E-state index in [-0.39, 0.29) is 11.8 Å². The van der Waals surface area contributed by atoms with E-state index in [4.69, 9.17) is 4.74 Å². The molecule has 114 valence electrons. The van der Waals surface area contributed by atoms with Crippen molar-refractivity contribution in [1.82, 2.24) is 16.0 Å². The number of carbonyl (C=O) groups is 2. The van der Waals surface area contributed by atoms with Crippen molar-refractivity contribution in [3.8, 4) is 5.75 Å². The first kappa shape index (κ1) is 15.3. The summed E-state index contributed by atoms with van der Waals surface area (Å²) in [4.78, 5) is 23.6. The Kier molecular flexibility index (Phi) is 5.57. The maximum Gasteiger partial charge on any atom is 0.321 e. The molecule has 0 saturated carbocycles. The van der Waals surface area contributed by atoms with Gasteiger partial charge in [-0.1, -0.05) is 12.1 Å². The summed E-state index contributed by atoms with van der Waals surface area (Å²) in [5, 5.41) is 8.27. The number of hydrogen-bond donors (Lipinski definition) is 3. The van der Waals surface area contributed by atoms with E-state index >= 15 is 0 Å². The highest BCUT2D eigenvalue weighted by Gasteiger charge is 2.22. The number of amides is 3. The van der Waals surface area contributed by atoms with Crippen molar-refractivity contribution in [2.75, 3.05) is 20.2 Å². The fourth-order valence-corrected chi connectivity index (χ4v) is 2.31. The number of piperidine rings is 1. The zero-order valence-corrected chi connectivity index (χ0v) is 12.1. The fraction of sp³-hybridized carbons (Fsp3) is 0.467. The molecule has 1 aliphatic heterocycles. The van der Waals surface area contributed by atoms with E-state index in [1.807, 2.05) is 24.3 Å². The van der Waals surface area contributed by atoms with Gasteiger partial charge in [0.25, 0.3) is 0 Å². The molecule has 0 atom stereocenters. The molecule has 3 amide bonds. The van der Waals surface area contributed by atoms with Crippen LogP contribution in [0, 0.1) is 5.92 Å². The predicted octanol–water partition coefficient (Wildman–Crippen LogP) is 1.02. The Morgan fingerprint density at radius 1 is 1.33 bits per heavy atom. The summed E-state index contributed by atoms with van der Waals surface area (Å²) in [6.07, 6.45) is 1.55. The van der Waals surface area contributed by atoms with Gasteiger partial charge in [-0.3, -0.25) is 10.1 Å². The Labute approximate surface area is 124 Å². The number of methoxy groups -OCH3 is 1. The number of hydrogen-bond acceptors (Lipinski definition) is 4. The number of carbonyl (C=O) groups excluding carboxylic acids is 2. The molecular weight excluding hydrogens is 270 g/mol. The quantitative estimate of drug-likeness (QED) is 0.774. The minimum Gasteiger partial charge on any atom is -0.497 e. The van der Waals surface area contributed by atoms with Crippen LogP contribution in [0.4, 0.5) is 4.79 Å². The van der Waals surface area contributed by atoms with E-state index in [0.29, 0.717) is 6.54 Å². The first-order valence-electron chi connectivity index (χ1n) is 7.11. The lowest BCUT2D eigenvalue weighted by molar-refractivity contribution is -0.124. The average molecular weight is 291 g/mol. The molecule has 0 bridgehead atoms. The highest BCUT2D eigenvalue weighted by molar-refractivity contribution is 5.95. The normalized spacial score (nSPS) is 15.3. The van der Waals surface area contributed by atoms with E-state index in [1.54, 1.807) is 7.11 Å². The van der Waals surface area contributed by atoms with E-state index in [2.05, 4.69) is 16.0 Å². The van der Waals surface area contributed by atoms with Crippen LogP contribution in [-0.2, 0) is 11.3 Å². The molecule has 2 rings (SSSR count). The number of rotatable bonds is 4. The molecule has 0 aliphatic carbocycles. The summed E-state index contributed by atoms with van der Waals surface area (Å²) in [6, 6.07) is 6.96. The zero-order valence-electron chi connectivity index (χ0n) is 12.1. The van der Waals surface area contributed by atoms with Gasteiger partial charge in [0, 0.05) is 12.5 Å². The lowest BCUT2D eigenvalue weighted by atomic mass is 9.97. The molecule has 6 heteroatoms. The second-order valence-corrected chi connectivity index (χ2v) is 5.05. The number of benzene rings is 1. The van der Waals surface area contributed by atoms with Gasteiger partial charge < -0.3 is 15.4 Å². The second-order valence-electron chi connectivity index (χ2n) is 5.05. The van der Waals surface area contributed by atoms with Crippen LogP contribution < -0.4 is 20.7 Å². The van der Waals surface area contributed by atoms with Crippen LogP contribution in [0.15, 0.2) is 24.3 Å². The molecule has 0 spiro atoms. The van der Waals surface area contributed by atoms with Crippen molar-refractivity contribution in [3.05, 3.63) is 29.8 Å².